The Kier molecular flexibility index (Phi) is 3.99. The van der Waals surface area contributed by atoms with Crippen molar-refractivity contribution < 1.29 is 4.79 Å². The van der Waals surface area contributed by atoms with Crippen molar-refractivity contribution in [2.75, 3.05) is 7.05 Å². The highest BCUT2D eigenvalue weighted by molar-refractivity contribution is 5.46. The Morgan fingerprint density at radius 2 is 2.00 bits per heavy atom. The molecule has 1 aromatic carbocycles. The van der Waals surface area contributed by atoms with Gasteiger partial charge in [0.05, 0.1) is 0 Å². The maximum Gasteiger partial charge on any atom is 0.207 e. The number of amides is 1. The van der Waals surface area contributed by atoms with Gasteiger partial charge < -0.3 is 10.6 Å². The summed E-state index contributed by atoms with van der Waals surface area (Å²) in [6, 6.07) is 8.12. The lowest BCUT2D eigenvalue weighted by Crippen LogP contribution is -2.10. The van der Waals surface area contributed by atoms with Crippen LogP contribution in [-0.2, 0) is 17.9 Å². The molecule has 0 atom stereocenters. The molecule has 0 unspecified atom stereocenters. The fourth-order valence-electron chi connectivity index (χ4n) is 1.21. The average molecular weight is 178 g/mol. The summed E-state index contributed by atoms with van der Waals surface area (Å²) in [5.74, 6) is 0. The molecule has 1 aromatic rings. The lowest BCUT2D eigenvalue weighted by molar-refractivity contribution is -0.109. The number of carbonyl (C=O) groups is 1. The molecule has 13 heavy (non-hydrogen) atoms. The second kappa shape index (κ2) is 5.32. The van der Waals surface area contributed by atoms with E-state index < -0.39 is 0 Å². The lowest BCUT2D eigenvalue weighted by Gasteiger charge is -2.03. The molecule has 0 aliphatic rings. The van der Waals surface area contributed by atoms with Crippen LogP contribution >= 0.6 is 0 Å². The smallest absolute Gasteiger partial charge is 0.207 e. The minimum atomic E-state index is 0.598. The highest BCUT2D eigenvalue weighted by atomic mass is 16.1. The van der Waals surface area contributed by atoms with E-state index in [0.717, 1.165) is 12.1 Å². The van der Waals surface area contributed by atoms with Crippen LogP contribution in [0.3, 0.4) is 0 Å². The molecule has 0 aliphatic heterocycles. The zero-order valence-corrected chi connectivity index (χ0v) is 7.71. The summed E-state index contributed by atoms with van der Waals surface area (Å²) in [5, 5.41) is 5.71. The molecule has 0 saturated carbocycles. The largest absolute Gasteiger partial charge is 0.355 e. The van der Waals surface area contributed by atoms with E-state index in [-0.39, 0.29) is 0 Å². The molecule has 0 spiro atoms. The normalized spacial score (nSPS) is 9.62. The third kappa shape index (κ3) is 3.25. The molecular formula is C10H14N2O. The fraction of sp³-hybridized carbons (Fsp3) is 0.300. The predicted octanol–water partition coefficient (Wildman–Crippen LogP) is 0.652. The lowest BCUT2D eigenvalue weighted by atomic mass is 10.1. The van der Waals surface area contributed by atoms with Gasteiger partial charge in [-0.1, -0.05) is 24.3 Å². The number of hydrogen-bond acceptors (Lipinski definition) is 2. The summed E-state index contributed by atoms with van der Waals surface area (Å²) in [5.41, 5.74) is 2.35. The van der Waals surface area contributed by atoms with Gasteiger partial charge in [-0.15, -0.1) is 0 Å². The molecular weight excluding hydrogens is 164 g/mol. The molecule has 1 amide bonds. The minimum absolute atomic E-state index is 0.598. The van der Waals surface area contributed by atoms with E-state index in [9.17, 15) is 4.79 Å². The molecule has 70 valence electrons. The Morgan fingerprint density at radius 1 is 1.31 bits per heavy atom. The van der Waals surface area contributed by atoms with Gasteiger partial charge in [0.25, 0.3) is 0 Å². The maximum absolute atomic E-state index is 10.1. The monoisotopic (exact) mass is 178 g/mol. The Morgan fingerprint density at radius 3 is 2.62 bits per heavy atom. The number of hydrogen-bond donors (Lipinski definition) is 2. The van der Waals surface area contributed by atoms with Crippen molar-refractivity contribution in [2.45, 2.75) is 13.1 Å². The first-order chi connectivity index (χ1) is 6.36. The van der Waals surface area contributed by atoms with E-state index in [2.05, 4.69) is 22.8 Å². The van der Waals surface area contributed by atoms with Crippen LogP contribution in [0.2, 0.25) is 0 Å². The van der Waals surface area contributed by atoms with E-state index in [1.165, 1.54) is 5.56 Å². The van der Waals surface area contributed by atoms with Crippen LogP contribution in [0.4, 0.5) is 0 Å². The van der Waals surface area contributed by atoms with E-state index in [1.54, 1.807) is 0 Å². The molecule has 0 aliphatic carbocycles. The summed E-state index contributed by atoms with van der Waals surface area (Å²) in [7, 11) is 1.91. The van der Waals surface area contributed by atoms with Gasteiger partial charge in [0.15, 0.2) is 0 Å². The standard InChI is InChI=1S/C10H14N2O/c1-11-6-9-3-2-4-10(5-9)7-12-8-13/h2-5,8,11H,6-7H2,1H3,(H,12,13). The second-order valence-electron chi connectivity index (χ2n) is 2.85. The SMILES string of the molecule is CNCc1cccc(CNC=O)c1. The molecule has 1 rings (SSSR count). The fourth-order valence-corrected chi connectivity index (χ4v) is 1.21. The van der Waals surface area contributed by atoms with Crippen molar-refractivity contribution in [2.24, 2.45) is 0 Å². The summed E-state index contributed by atoms with van der Waals surface area (Å²) in [4.78, 5) is 10.1. The molecule has 3 heteroatoms. The predicted molar refractivity (Wildman–Crippen MR) is 52.1 cm³/mol. The molecule has 0 saturated heterocycles. The summed E-state index contributed by atoms with van der Waals surface area (Å²) in [6.45, 7) is 1.45. The highest BCUT2D eigenvalue weighted by Gasteiger charge is 1.93. The number of carbonyl (C=O) groups excluding carboxylic acids is 1. The van der Waals surface area contributed by atoms with Crippen molar-refractivity contribution in [3.8, 4) is 0 Å². The quantitative estimate of drug-likeness (QED) is 0.650. The van der Waals surface area contributed by atoms with Crippen molar-refractivity contribution in [3.05, 3.63) is 35.4 Å². The first-order valence-corrected chi connectivity index (χ1v) is 4.26. The van der Waals surface area contributed by atoms with E-state index >= 15 is 0 Å². The van der Waals surface area contributed by atoms with Crippen molar-refractivity contribution in [1.82, 2.24) is 10.6 Å². The molecule has 2 N–H and O–H groups in total. The van der Waals surface area contributed by atoms with Gasteiger partial charge in [0.2, 0.25) is 6.41 Å². The third-order valence-electron chi connectivity index (χ3n) is 1.76. The highest BCUT2D eigenvalue weighted by Crippen LogP contribution is 2.04. The van der Waals surface area contributed by atoms with Crippen molar-refractivity contribution in [1.29, 1.82) is 0 Å². The van der Waals surface area contributed by atoms with Crippen molar-refractivity contribution in [3.63, 3.8) is 0 Å². The first-order valence-electron chi connectivity index (χ1n) is 4.26. The van der Waals surface area contributed by atoms with Gasteiger partial charge in [-0.2, -0.15) is 0 Å². The Bertz CT molecular complexity index is 273. The topological polar surface area (TPSA) is 41.1 Å². The van der Waals surface area contributed by atoms with Crippen LogP contribution in [0.1, 0.15) is 11.1 Å². The van der Waals surface area contributed by atoms with Crippen LogP contribution in [0.15, 0.2) is 24.3 Å². The van der Waals surface area contributed by atoms with Gasteiger partial charge in [-0.05, 0) is 18.2 Å². The summed E-state index contributed by atoms with van der Waals surface area (Å²) in [6.07, 6.45) is 0.713. The second-order valence-corrected chi connectivity index (χ2v) is 2.85. The Hall–Kier alpha value is -1.35. The Balaban J connectivity index is 2.61. The maximum atomic E-state index is 10.1. The van der Waals surface area contributed by atoms with Gasteiger partial charge >= 0.3 is 0 Å². The van der Waals surface area contributed by atoms with Gasteiger partial charge in [0.1, 0.15) is 0 Å². The molecule has 0 heterocycles. The number of benzene rings is 1. The van der Waals surface area contributed by atoms with Crippen LogP contribution < -0.4 is 10.6 Å². The summed E-state index contributed by atoms with van der Waals surface area (Å²) < 4.78 is 0. The van der Waals surface area contributed by atoms with E-state index in [4.69, 9.17) is 0 Å². The van der Waals surface area contributed by atoms with Crippen LogP contribution in [-0.4, -0.2) is 13.5 Å². The molecule has 0 radical (unpaired) electrons. The van der Waals surface area contributed by atoms with Crippen molar-refractivity contribution >= 4 is 6.41 Å². The van der Waals surface area contributed by atoms with Crippen LogP contribution in [0, 0.1) is 0 Å². The molecule has 0 fully saturated rings. The summed E-state index contributed by atoms with van der Waals surface area (Å²) >= 11 is 0. The molecule has 3 nitrogen and oxygen atoms in total. The zero-order chi connectivity index (χ0) is 9.52. The first kappa shape index (κ1) is 9.74. The van der Waals surface area contributed by atoms with E-state index in [0.29, 0.717) is 13.0 Å². The molecule has 0 aromatic heterocycles. The molecule has 0 bridgehead atoms. The minimum Gasteiger partial charge on any atom is -0.355 e. The zero-order valence-electron chi connectivity index (χ0n) is 7.71. The number of rotatable bonds is 5. The average Bonchev–Trinajstić information content (AvgIpc) is 2.16. The van der Waals surface area contributed by atoms with Gasteiger partial charge in [0, 0.05) is 13.1 Å². The van der Waals surface area contributed by atoms with Crippen LogP contribution in [0.5, 0.6) is 0 Å². The van der Waals surface area contributed by atoms with Gasteiger partial charge in [-0.25, -0.2) is 0 Å². The van der Waals surface area contributed by atoms with Crippen LogP contribution in [0.25, 0.3) is 0 Å². The van der Waals surface area contributed by atoms with Gasteiger partial charge in [-0.3, -0.25) is 4.79 Å². The third-order valence-corrected chi connectivity index (χ3v) is 1.76. The van der Waals surface area contributed by atoms with E-state index in [1.807, 2.05) is 19.2 Å². The Labute approximate surface area is 78.2 Å². The number of nitrogens with one attached hydrogen (secondary N) is 2.